The van der Waals surface area contributed by atoms with E-state index in [0.29, 0.717) is 0 Å². The molecule has 7 heteroatoms. The first-order valence-corrected chi connectivity index (χ1v) is 6.21. The van der Waals surface area contributed by atoms with Crippen LogP contribution in [0.4, 0.5) is 20.2 Å². The fourth-order valence-electron chi connectivity index (χ4n) is 1.08. The van der Waals surface area contributed by atoms with Crippen LogP contribution in [0.3, 0.4) is 0 Å². The Kier molecular flexibility index (Phi) is 4.05. The number of halogens is 2. The van der Waals surface area contributed by atoms with Crippen LogP contribution >= 0.6 is 0 Å². The average Bonchev–Trinajstić information content (AvgIpc) is 2.20. The smallest absolute Gasteiger partial charge is 0.232 e. The van der Waals surface area contributed by atoms with Crippen molar-refractivity contribution in [2.45, 2.75) is 6.42 Å². The summed E-state index contributed by atoms with van der Waals surface area (Å²) in [5.41, 5.74) is 5.29. The normalized spacial score (nSPS) is 11.4. The molecule has 1 aromatic carbocycles. The minimum Gasteiger partial charge on any atom is -0.396 e. The van der Waals surface area contributed by atoms with Crippen LogP contribution in [0.2, 0.25) is 0 Å². The SMILES string of the molecule is Nc1cc(NS(=O)(=O)CCCF)ccc1F. The summed E-state index contributed by atoms with van der Waals surface area (Å²) in [5.74, 6) is -0.937. The van der Waals surface area contributed by atoms with Gasteiger partial charge in [0.2, 0.25) is 10.0 Å². The van der Waals surface area contributed by atoms with Gasteiger partial charge < -0.3 is 5.73 Å². The average molecular weight is 250 g/mol. The van der Waals surface area contributed by atoms with Crippen molar-refractivity contribution < 1.29 is 17.2 Å². The number of nitrogen functional groups attached to an aromatic ring is 1. The minimum absolute atomic E-state index is 0.0774. The highest BCUT2D eigenvalue weighted by Gasteiger charge is 2.10. The van der Waals surface area contributed by atoms with Gasteiger partial charge >= 0.3 is 0 Å². The summed E-state index contributed by atoms with van der Waals surface area (Å²) >= 11 is 0. The van der Waals surface area contributed by atoms with E-state index in [0.717, 1.165) is 6.07 Å². The number of nitrogens with one attached hydrogen (secondary N) is 1. The van der Waals surface area contributed by atoms with Gasteiger partial charge in [-0.05, 0) is 24.6 Å². The van der Waals surface area contributed by atoms with E-state index in [1.54, 1.807) is 0 Å². The second-order valence-electron chi connectivity index (χ2n) is 3.20. The van der Waals surface area contributed by atoms with E-state index < -0.39 is 22.5 Å². The van der Waals surface area contributed by atoms with E-state index in [2.05, 4.69) is 4.72 Å². The summed E-state index contributed by atoms with van der Waals surface area (Å²) in [6, 6.07) is 3.48. The maximum Gasteiger partial charge on any atom is 0.232 e. The first-order chi connectivity index (χ1) is 7.44. The van der Waals surface area contributed by atoms with Gasteiger partial charge in [0, 0.05) is 0 Å². The third-order valence-corrected chi connectivity index (χ3v) is 3.19. The zero-order chi connectivity index (χ0) is 12.2. The van der Waals surface area contributed by atoms with Crippen LogP contribution in [0.25, 0.3) is 0 Å². The topological polar surface area (TPSA) is 72.2 Å². The Morgan fingerprint density at radius 2 is 2.06 bits per heavy atom. The molecule has 1 aromatic rings. The van der Waals surface area contributed by atoms with Crippen LogP contribution in [0.15, 0.2) is 18.2 Å². The lowest BCUT2D eigenvalue weighted by Gasteiger charge is -2.07. The number of rotatable bonds is 5. The molecule has 0 aliphatic carbocycles. The Bertz CT molecular complexity index is 463. The van der Waals surface area contributed by atoms with E-state index in [1.807, 2.05) is 0 Å². The van der Waals surface area contributed by atoms with Crippen LogP contribution in [0.5, 0.6) is 0 Å². The second kappa shape index (κ2) is 5.11. The second-order valence-corrected chi connectivity index (χ2v) is 5.04. The Labute approximate surface area is 92.5 Å². The van der Waals surface area contributed by atoms with Gasteiger partial charge in [-0.3, -0.25) is 9.11 Å². The van der Waals surface area contributed by atoms with Crippen molar-refractivity contribution in [2.24, 2.45) is 0 Å². The molecule has 90 valence electrons. The van der Waals surface area contributed by atoms with Crippen LogP contribution in [0, 0.1) is 5.82 Å². The molecule has 0 heterocycles. The molecule has 0 aliphatic rings. The number of sulfonamides is 1. The molecular weight excluding hydrogens is 238 g/mol. The Balaban J connectivity index is 2.76. The Hall–Kier alpha value is -1.37. The zero-order valence-electron chi connectivity index (χ0n) is 8.41. The van der Waals surface area contributed by atoms with Crippen LogP contribution in [-0.2, 0) is 10.0 Å². The third-order valence-electron chi connectivity index (χ3n) is 1.82. The van der Waals surface area contributed by atoms with Gasteiger partial charge in [0.05, 0.1) is 23.8 Å². The van der Waals surface area contributed by atoms with E-state index in [4.69, 9.17) is 5.73 Å². The van der Waals surface area contributed by atoms with Gasteiger partial charge in [-0.25, -0.2) is 12.8 Å². The molecule has 0 aromatic heterocycles. The molecule has 1 rings (SSSR count). The predicted molar refractivity (Wildman–Crippen MR) is 58.8 cm³/mol. The van der Waals surface area contributed by atoms with Gasteiger partial charge in [0.15, 0.2) is 0 Å². The van der Waals surface area contributed by atoms with Crippen LogP contribution in [-0.4, -0.2) is 20.8 Å². The highest BCUT2D eigenvalue weighted by Crippen LogP contribution is 2.17. The summed E-state index contributed by atoms with van der Waals surface area (Å²) in [4.78, 5) is 0. The maximum absolute atomic E-state index is 12.8. The largest absolute Gasteiger partial charge is 0.396 e. The number of benzene rings is 1. The maximum atomic E-state index is 12.8. The van der Waals surface area contributed by atoms with Crippen LogP contribution < -0.4 is 10.5 Å². The third kappa shape index (κ3) is 3.65. The van der Waals surface area contributed by atoms with Crippen LogP contribution in [0.1, 0.15) is 6.42 Å². The molecule has 0 aliphatic heterocycles. The minimum atomic E-state index is -3.59. The molecule has 0 unspecified atom stereocenters. The molecule has 0 atom stereocenters. The summed E-state index contributed by atoms with van der Waals surface area (Å²) < 4.78 is 49.5. The quantitative estimate of drug-likeness (QED) is 0.778. The molecule has 4 nitrogen and oxygen atoms in total. The number of anilines is 2. The van der Waals surface area contributed by atoms with Gasteiger partial charge in [0.25, 0.3) is 0 Å². The van der Waals surface area contributed by atoms with Crippen molar-refractivity contribution in [1.29, 1.82) is 0 Å². The summed E-state index contributed by atoms with van der Waals surface area (Å²) in [7, 11) is -3.59. The number of hydrogen-bond donors (Lipinski definition) is 2. The first-order valence-electron chi connectivity index (χ1n) is 4.56. The van der Waals surface area contributed by atoms with Crippen molar-refractivity contribution >= 4 is 21.4 Å². The first kappa shape index (κ1) is 12.7. The molecule has 0 spiro atoms. The van der Waals surface area contributed by atoms with Crippen molar-refractivity contribution in [3.8, 4) is 0 Å². The van der Waals surface area contributed by atoms with Crippen molar-refractivity contribution in [2.75, 3.05) is 22.9 Å². The molecule has 0 radical (unpaired) electrons. The molecule has 0 fully saturated rings. The standard InChI is InChI=1S/C9H12F2N2O2S/c10-4-1-5-16(14,15)13-7-2-3-8(11)9(12)6-7/h2-3,6,13H,1,4-5,12H2. The highest BCUT2D eigenvalue weighted by atomic mass is 32.2. The van der Waals surface area contributed by atoms with Gasteiger partial charge in [-0.2, -0.15) is 0 Å². The lowest BCUT2D eigenvalue weighted by atomic mass is 10.3. The Morgan fingerprint density at radius 1 is 1.38 bits per heavy atom. The van der Waals surface area contributed by atoms with E-state index >= 15 is 0 Å². The molecule has 16 heavy (non-hydrogen) atoms. The lowest BCUT2D eigenvalue weighted by Crippen LogP contribution is -2.17. The summed E-state index contributed by atoms with van der Waals surface area (Å²) in [6.45, 7) is -0.702. The molecule has 0 bridgehead atoms. The number of hydrogen-bond acceptors (Lipinski definition) is 3. The van der Waals surface area contributed by atoms with Crippen molar-refractivity contribution in [3.05, 3.63) is 24.0 Å². The summed E-state index contributed by atoms with van der Waals surface area (Å²) in [5, 5.41) is 0. The van der Waals surface area contributed by atoms with E-state index in [-0.39, 0.29) is 23.5 Å². The lowest BCUT2D eigenvalue weighted by molar-refractivity contribution is 0.484. The van der Waals surface area contributed by atoms with E-state index in [1.165, 1.54) is 12.1 Å². The van der Waals surface area contributed by atoms with Crippen molar-refractivity contribution in [1.82, 2.24) is 0 Å². The number of nitrogens with two attached hydrogens (primary N) is 1. The molecule has 0 saturated carbocycles. The zero-order valence-corrected chi connectivity index (χ0v) is 9.23. The fourth-order valence-corrected chi connectivity index (χ4v) is 2.16. The molecule has 0 saturated heterocycles. The molecule has 3 N–H and O–H groups in total. The van der Waals surface area contributed by atoms with Gasteiger partial charge in [-0.1, -0.05) is 0 Å². The molecule has 0 amide bonds. The van der Waals surface area contributed by atoms with Gasteiger partial charge in [-0.15, -0.1) is 0 Å². The van der Waals surface area contributed by atoms with Crippen molar-refractivity contribution in [3.63, 3.8) is 0 Å². The summed E-state index contributed by atoms with van der Waals surface area (Å²) in [6.07, 6.45) is -0.0774. The Morgan fingerprint density at radius 3 is 2.62 bits per heavy atom. The van der Waals surface area contributed by atoms with E-state index in [9.17, 15) is 17.2 Å². The molecular formula is C9H12F2N2O2S. The highest BCUT2D eigenvalue weighted by molar-refractivity contribution is 7.92. The predicted octanol–water partition coefficient (Wildman–Crippen LogP) is 1.51. The monoisotopic (exact) mass is 250 g/mol. The number of alkyl halides is 1. The van der Waals surface area contributed by atoms with Gasteiger partial charge in [0.1, 0.15) is 5.82 Å². The fraction of sp³-hybridized carbons (Fsp3) is 0.333.